The fraction of sp³-hybridized carbons (Fsp3) is 0.857. The van der Waals surface area contributed by atoms with E-state index in [1.807, 2.05) is 12.2 Å². The summed E-state index contributed by atoms with van der Waals surface area (Å²) in [7, 11) is 0. The molecule has 0 aliphatic rings. The molecule has 0 bridgehead atoms. The Morgan fingerprint density at radius 1 is 0.739 bits per heavy atom. The van der Waals surface area contributed by atoms with Gasteiger partial charge in [0.05, 0.1) is 6.61 Å². The maximum absolute atomic E-state index is 5.57. The first-order chi connectivity index (χ1) is 11.4. The van der Waals surface area contributed by atoms with Gasteiger partial charge in [0, 0.05) is 12.5 Å². The van der Waals surface area contributed by atoms with Crippen molar-refractivity contribution in [3.63, 3.8) is 0 Å². The zero-order valence-electron chi connectivity index (χ0n) is 15.5. The summed E-state index contributed by atoms with van der Waals surface area (Å²) in [5.41, 5.74) is 3.08. The van der Waals surface area contributed by atoms with Crippen molar-refractivity contribution in [2.24, 2.45) is 0 Å². The summed E-state index contributed by atoms with van der Waals surface area (Å²) in [5, 5.41) is 0. The van der Waals surface area contributed by atoms with Crippen LogP contribution in [0.5, 0.6) is 0 Å². The van der Waals surface area contributed by atoms with E-state index in [4.69, 9.17) is 16.3 Å². The smallest absolute Gasteiger partial charge is 0.0721 e. The first-order valence-corrected chi connectivity index (χ1v) is 10.5. The van der Waals surface area contributed by atoms with Crippen LogP contribution in [0, 0.1) is 0 Å². The first kappa shape index (κ1) is 22.8. The molecule has 0 rings (SSSR count). The van der Waals surface area contributed by atoms with E-state index in [9.17, 15) is 0 Å². The summed E-state index contributed by atoms with van der Waals surface area (Å²) in [5.74, 6) is 0.667. The monoisotopic (exact) mass is 342 g/mol. The zero-order valence-corrected chi connectivity index (χ0v) is 16.2. The molecule has 0 saturated carbocycles. The number of hydrogen-bond donors (Lipinski definition) is 0. The Balaban J connectivity index is 3.04. The Bertz CT molecular complexity index is 269. The lowest BCUT2D eigenvalue weighted by Crippen LogP contribution is -1.94. The van der Waals surface area contributed by atoms with Gasteiger partial charge in [0.25, 0.3) is 0 Å². The van der Waals surface area contributed by atoms with Crippen LogP contribution in [0.15, 0.2) is 17.9 Å². The van der Waals surface area contributed by atoms with Gasteiger partial charge in [-0.15, -0.1) is 17.3 Å². The molecule has 0 unspecified atom stereocenters. The quantitative estimate of drug-likeness (QED) is 0.143. The van der Waals surface area contributed by atoms with E-state index in [-0.39, 0.29) is 0 Å². The van der Waals surface area contributed by atoms with Crippen LogP contribution in [-0.4, -0.2) is 19.1 Å². The molecule has 0 N–H and O–H groups in total. The van der Waals surface area contributed by atoms with Crippen LogP contribution in [0.3, 0.4) is 0 Å². The van der Waals surface area contributed by atoms with Crippen molar-refractivity contribution in [2.45, 2.75) is 96.8 Å². The molecule has 2 heteroatoms. The van der Waals surface area contributed by atoms with Gasteiger partial charge in [-0.3, -0.25) is 0 Å². The Kier molecular flexibility index (Phi) is 21.6. The Labute approximate surface area is 150 Å². The summed E-state index contributed by atoms with van der Waals surface area (Å²) < 4.78 is 5.54. The molecular formula is C21H39ClO. The second-order valence-electron chi connectivity index (χ2n) is 6.37. The van der Waals surface area contributed by atoms with E-state index in [0.29, 0.717) is 12.5 Å². The standard InChI is InChI=1S/C21H39ClO/c1-2-3-4-5-6-7-8-9-10-11-12-14-17-20-23-21-18-15-13-16-19-22/h13,18H,2-12,14,16-17,19-21H2,1H3. The molecule has 0 spiro atoms. The maximum Gasteiger partial charge on any atom is 0.0721 e. The predicted octanol–water partition coefficient (Wildman–Crippen LogP) is 7.43. The van der Waals surface area contributed by atoms with Crippen LogP contribution in [0.1, 0.15) is 96.8 Å². The van der Waals surface area contributed by atoms with Gasteiger partial charge in [-0.2, -0.15) is 0 Å². The molecule has 0 radical (unpaired) electrons. The van der Waals surface area contributed by atoms with E-state index in [2.05, 4.69) is 12.7 Å². The normalized spacial score (nSPS) is 10.5. The number of ether oxygens (including phenoxy) is 1. The van der Waals surface area contributed by atoms with E-state index in [1.54, 1.807) is 0 Å². The lowest BCUT2D eigenvalue weighted by Gasteiger charge is -2.03. The SMILES string of the molecule is CCCCCCCCCCCCCCCOCC=C=CCCCl. The summed E-state index contributed by atoms with van der Waals surface area (Å²) in [6.07, 6.45) is 22.9. The van der Waals surface area contributed by atoms with Crippen LogP contribution in [0.4, 0.5) is 0 Å². The molecule has 0 heterocycles. The van der Waals surface area contributed by atoms with Crippen LogP contribution in [0.2, 0.25) is 0 Å². The molecule has 0 aromatic rings. The molecule has 1 nitrogen and oxygen atoms in total. The zero-order chi connectivity index (χ0) is 16.8. The van der Waals surface area contributed by atoms with Gasteiger partial charge >= 0.3 is 0 Å². The Morgan fingerprint density at radius 3 is 1.78 bits per heavy atom. The van der Waals surface area contributed by atoms with Crippen LogP contribution >= 0.6 is 11.6 Å². The molecule has 0 amide bonds. The molecule has 0 aromatic heterocycles. The molecule has 23 heavy (non-hydrogen) atoms. The number of unbranched alkanes of at least 4 members (excludes halogenated alkanes) is 12. The van der Waals surface area contributed by atoms with E-state index >= 15 is 0 Å². The maximum atomic E-state index is 5.57. The van der Waals surface area contributed by atoms with Crippen molar-refractivity contribution in [3.8, 4) is 0 Å². The van der Waals surface area contributed by atoms with Gasteiger partial charge < -0.3 is 4.74 Å². The average Bonchev–Trinajstić information content (AvgIpc) is 2.57. The highest BCUT2D eigenvalue weighted by Gasteiger charge is 1.93. The number of hydrogen-bond acceptors (Lipinski definition) is 1. The molecule has 0 saturated heterocycles. The molecular weight excluding hydrogens is 304 g/mol. The topological polar surface area (TPSA) is 9.23 Å². The molecule has 0 fully saturated rings. The summed E-state index contributed by atoms with van der Waals surface area (Å²) in [6, 6.07) is 0. The van der Waals surface area contributed by atoms with Crippen molar-refractivity contribution >= 4 is 11.6 Å². The number of alkyl halides is 1. The summed E-state index contributed by atoms with van der Waals surface area (Å²) in [4.78, 5) is 0. The van der Waals surface area contributed by atoms with Crippen molar-refractivity contribution in [3.05, 3.63) is 17.9 Å². The predicted molar refractivity (Wildman–Crippen MR) is 105 cm³/mol. The van der Waals surface area contributed by atoms with Gasteiger partial charge in [-0.1, -0.05) is 84.0 Å². The summed E-state index contributed by atoms with van der Waals surface area (Å²) in [6.45, 7) is 3.84. The minimum Gasteiger partial charge on any atom is -0.377 e. The second-order valence-corrected chi connectivity index (χ2v) is 6.75. The lowest BCUT2D eigenvalue weighted by molar-refractivity contribution is 0.157. The first-order valence-electron chi connectivity index (χ1n) is 9.95. The third-order valence-electron chi connectivity index (χ3n) is 4.08. The average molecular weight is 343 g/mol. The highest BCUT2D eigenvalue weighted by Crippen LogP contribution is 2.12. The Morgan fingerprint density at radius 2 is 1.26 bits per heavy atom. The molecule has 0 atom stereocenters. The van der Waals surface area contributed by atoms with Crippen LogP contribution in [-0.2, 0) is 4.74 Å². The number of rotatable bonds is 18. The Hall–Kier alpha value is -0.230. The molecule has 0 aliphatic heterocycles. The van der Waals surface area contributed by atoms with Crippen molar-refractivity contribution in [1.82, 2.24) is 0 Å². The van der Waals surface area contributed by atoms with Gasteiger partial charge in [0.2, 0.25) is 0 Å². The largest absolute Gasteiger partial charge is 0.377 e. The fourth-order valence-corrected chi connectivity index (χ4v) is 2.74. The van der Waals surface area contributed by atoms with Crippen molar-refractivity contribution in [1.29, 1.82) is 0 Å². The molecule has 0 aromatic carbocycles. The minimum atomic E-state index is 0.667. The van der Waals surface area contributed by atoms with E-state index in [1.165, 1.54) is 83.5 Å². The minimum absolute atomic E-state index is 0.667. The van der Waals surface area contributed by atoms with Crippen molar-refractivity contribution < 1.29 is 4.74 Å². The second kappa shape index (κ2) is 21.8. The summed E-state index contributed by atoms with van der Waals surface area (Å²) >= 11 is 5.57. The van der Waals surface area contributed by atoms with Crippen LogP contribution < -0.4 is 0 Å². The lowest BCUT2D eigenvalue weighted by atomic mass is 10.0. The number of halogens is 1. The van der Waals surface area contributed by atoms with Crippen LogP contribution in [0.25, 0.3) is 0 Å². The molecule has 0 aliphatic carbocycles. The highest BCUT2D eigenvalue weighted by atomic mass is 35.5. The van der Waals surface area contributed by atoms with E-state index in [0.717, 1.165) is 13.0 Å². The third-order valence-corrected chi connectivity index (χ3v) is 4.30. The highest BCUT2D eigenvalue weighted by molar-refractivity contribution is 6.17. The van der Waals surface area contributed by atoms with Gasteiger partial charge in [0.1, 0.15) is 0 Å². The fourth-order valence-electron chi connectivity index (χ4n) is 2.63. The van der Waals surface area contributed by atoms with Gasteiger partial charge in [-0.25, -0.2) is 0 Å². The van der Waals surface area contributed by atoms with Crippen molar-refractivity contribution in [2.75, 3.05) is 19.1 Å². The van der Waals surface area contributed by atoms with E-state index < -0.39 is 0 Å². The van der Waals surface area contributed by atoms with Gasteiger partial charge in [-0.05, 0) is 25.0 Å². The molecule has 136 valence electrons. The van der Waals surface area contributed by atoms with Gasteiger partial charge in [0.15, 0.2) is 0 Å². The third kappa shape index (κ3) is 21.8.